The third-order valence-corrected chi connectivity index (χ3v) is 6.50. The van der Waals surface area contributed by atoms with Crippen molar-refractivity contribution in [2.24, 2.45) is 10.1 Å². The van der Waals surface area contributed by atoms with Crippen LogP contribution in [0, 0.1) is 6.92 Å². The zero-order valence-corrected chi connectivity index (χ0v) is 19.7. The minimum absolute atomic E-state index is 0.133. The fourth-order valence-corrected chi connectivity index (χ4v) is 4.81. The molecule has 2 heterocycles. The highest BCUT2D eigenvalue weighted by Crippen LogP contribution is 2.33. The Hall–Kier alpha value is -2.80. The highest BCUT2D eigenvalue weighted by Gasteiger charge is 2.34. The van der Waals surface area contributed by atoms with E-state index in [1.54, 1.807) is 16.8 Å². The molecule has 2 aromatic rings. The smallest absolute Gasteiger partial charge is 0.276 e. The molecule has 1 N–H and O–H groups in total. The summed E-state index contributed by atoms with van der Waals surface area (Å²) in [6.07, 6.45) is 4.34. The van der Waals surface area contributed by atoms with E-state index in [-0.39, 0.29) is 5.91 Å². The molecule has 6 nitrogen and oxygen atoms in total. The number of amidine groups is 1. The number of carbonyl (C=O) groups is 1. The first kappa shape index (κ1) is 22.4. The van der Waals surface area contributed by atoms with Gasteiger partial charge in [0.25, 0.3) is 5.91 Å². The minimum Gasteiger partial charge on any atom is -0.494 e. The molecule has 0 spiro atoms. The van der Waals surface area contributed by atoms with Crippen LogP contribution >= 0.6 is 11.8 Å². The maximum absolute atomic E-state index is 13.2. The summed E-state index contributed by atoms with van der Waals surface area (Å²) in [5.41, 5.74) is 2.56. The molecule has 168 valence electrons. The van der Waals surface area contributed by atoms with E-state index in [2.05, 4.69) is 18.3 Å². The van der Waals surface area contributed by atoms with E-state index in [4.69, 9.17) is 14.8 Å². The molecule has 7 heteroatoms. The molecule has 0 aliphatic carbocycles. The lowest BCUT2D eigenvalue weighted by Gasteiger charge is -2.34. The van der Waals surface area contributed by atoms with Gasteiger partial charge in [-0.3, -0.25) is 15.1 Å². The van der Waals surface area contributed by atoms with Crippen molar-refractivity contribution < 1.29 is 9.53 Å². The normalized spacial score (nSPS) is 17.2. The number of nitrogens with one attached hydrogen (secondary N) is 1. The van der Waals surface area contributed by atoms with Crippen molar-refractivity contribution in [2.75, 3.05) is 12.4 Å². The van der Waals surface area contributed by atoms with E-state index in [0.717, 1.165) is 39.6 Å². The number of carbonyl (C=O) groups excluding carboxylic acids is 1. The van der Waals surface area contributed by atoms with Crippen LogP contribution in [0.3, 0.4) is 0 Å². The van der Waals surface area contributed by atoms with E-state index in [0.29, 0.717) is 17.5 Å². The van der Waals surface area contributed by atoms with Gasteiger partial charge in [0.2, 0.25) is 0 Å². The number of hydrogen-bond acceptors (Lipinski definition) is 6. The summed E-state index contributed by atoms with van der Waals surface area (Å²) in [6.45, 7) is 6.83. The first-order chi connectivity index (χ1) is 15.6. The highest BCUT2D eigenvalue weighted by molar-refractivity contribution is 8.13. The van der Waals surface area contributed by atoms with Gasteiger partial charge in [-0.25, -0.2) is 5.01 Å². The van der Waals surface area contributed by atoms with Crippen molar-refractivity contribution in [3.63, 3.8) is 0 Å². The molecule has 1 amide bonds. The molecule has 0 radical (unpaired) electrons. The first-order valence-electron chi connectivity index (χ1n) is 11.3. The second-order valence-electron chi connectivity index (χ2n) is 7.94. The molecule has 2 aliphatic heterocycles. The van der Waals surface area contributed by atoms with E-state index in [1.807, 2.05) is 50.2 Å². The van der Waals surface area contributed by atoms with Gasteiger partial charge >= 0.3 is 0 Å². The van der Waals surface area contributed by atoms with E-state index in [9.17, 15) is 4.79 Å². The van der Waals surface area contributed by atoms with Gasteiger partial charge in [0.05, 0.1) is 12.0 Å². The summed E-state index contributed by atoms with van der Waals surface area (Å²) in [5.74, 6) is 1.66. The maximum Gasteiger partial charge on any atom is 0.276 e. The van der Waals surface area contributed by atoms with Crippen LogP contribution < -0.4 is 20.6 Å². The quantitative estimate of drug-likeness (QED) is 0.621. The first-order valence-corrected chi connectivity index (χ1v) is 12.3. The summed E-state index contributed by atoms with van der Waals surface area (Å²) >= 11 is 1.60. The number of amides is 1. The SMILES string of the molecule is CCCCCCSC1=NN2C(=c3ccccc3=N[C@@H]2c2ccc(OCC)c(C)c2)C(=O)N1. The summed E-state index contributed by atoms with van der Waals surface area (Å²) < 4.78 is 5.70. The molecular weight excluding hydrogens is 420 g/mol. The summed E-state index contributed by atoms with van der Waals surface area (Å²) in [5, 5.41) is 11.9. The van der Waals surface area contributed by atoms with Crippen LogP contribution in [0.5, 0.6) is 5.75 Å². The summed E-state index contributed by atoms with van der Waals surface area (Å²) in [6, 6.07) is 13.8. The predicted octanol–water partition coefficient (Wildman–Crippen LogP) is 3.85. The third-order valence-electron chi connectivity index (χ3n) is 5.55. The average molecular weight is 451 g/mol. The molecule has 0 aromatic heterocycles. The predicted molar refractivity (Wildman–Crippen MR) is 130 cm³/mol. The van der Waals surface area contributed by atoms with Crippen molar-refractivity contribution in [2.45, 2.75) is 52.6 Å². The molecule has 0 fully saturated rings. The Bertz CT molecular complexity index is 1140. The number of benzene rings is 2. The van der Waals surface area contributed by atoms with Gasteiger partial charge in [0.15, 0.2) is 11.3 Å². The Kier molecular flexibility index (Phi) is 7.15. The molecular formula is C25H30N4O2S. The molecule has 0 unspecified atom stereocenters. The van der Waals surface area contributed by atoms with Crippen LogP contribution in [0.4, 0.5) is 0 Å². The van der Waals surface area contributed by atoms with Gasteiger partial charge in [-0.05, 0) is 49.6 Å². The van der Waals surface area contributed by atoms with Crippen LogP contribution in [0.25, 0.3) is 5.70 Å². The second kappa shape index (κ2) is 10.2. The lowest BCUT2D eigenvalue weighted by atomic mass is 10.1. The number of hydrazone groups is 1. The van der Waals surface area contributed by atoms with Crippen molar-refractivity contribution in [3.8, 4) is 5.75 Å². The van der Waals surface area contributed by atoms with Crippen LogP contribution in [0.2, 0.25) is 0 Å². The number of ether oxygens (including phenoxy) is 1. The van der Waals surface area contributed by atoms with Gasteiger partial charge in [-0.15, -0.1) is 5.10 Å². The number of aryl methyl sites for hydroxylation is 1. The zero-order valence-electron chi connectivity index (χ0n) is 18.9. The molecule has 2 aliphatic rings. The van der Waals surface area contributed by atoms with Crippen LogP contribution in [0.1, 0.15) is 56.8 Å². The molecule has 32 heavy (non-hydrogen) atoms. The molecule has 2 aromatic carbocycles. The molecule has 0 saturated heterocycles. The number of hydrogen-bond donors (Lipinski definition) is 1. The Balaban J connectivity index is 1.71. The van der Waals surface area contributed by atoms with Gasteiger partial charge in [0, 0.05) is 11.0 Å². The Labute approximate surface area is 193 Å². The molecule has 0 saturated carbocycles. The lowest BCUT2D eigenvalue weighted by Crippen LogP contribution is -2.50. The van der Waals surface area contributed by atoms with E-state index < -0.39 is 6.17 Å². The maximum atomic E-state index is 13.2. The molecule has 4 rings (SSSR count). The van der Waals surface area contributed by atoms with E-state index in [1.165, 1.54) is 19.3 Å². The topological polar surface area (TPSA) is 66.3 Å². The van der Waals surface area contributed by atoms with Crippen molar-refractivity contribution in [1.82, 2.24) is 10.3 Å². The largest absolute Gasteiger partial charge is 0.494 e. The Morgan fingerprint density at radius 2 is 1.97 bits per heavy atom. The number of nitrogens with zero attached hydrogens (tertiary/aromatic N) is 3. The molecule has 0 bridgehead atoms. The van der Waals surface area contributed by atoms with Crippen molar-refractivity contribution >= 4 is 28.5 Å². The van der Waals surface area contributed by atoms with Crippen molar-refractivity contribution in [3.05, 3.63) is 64.2 Å². The average Bonchev–Trinajstić information content (AvgIpc) is 2.79. The van der Waals surface area contributed by atoms with Gasteiger partial charge < -0.3 is 4.74 Å². The zero-order chi connectivity index (χ0) is 22.5. The number of rotatable bonds is 8. The third kappa shape index (κ3) is 4.67. The second-order valence-corrected chi connectivity index (χ2v) is 9.02. The Morgan fingerprint density at radius 1 is 1.12 bits per heavy atom. The number of fused-ring (bicyclic) bond motifs is 2. The fraction of sp³-hybridized carbons (Fsp3) is 0.400. The van der Waals surface area contributed by atoms with Gasteiger partial charge in [0.1, 0.15) is 11.4 Å². The number of unbranched alkanes of at least 4 members (excludes halogenated alkanes) is 3. The minimum atomic E-state index is -0.406. The van der Waals surface area contributed by atoms with Crippen LogP contribution in [0.15, 0.2) is 52.6 Å². The fourth-order valence-electron chi connectivity index (χ4n) is 3.96. The monoisotopic (exact) mass is 450 g/mol. The van der Waals surface area contributed by atoms with Gasteiger partial charge in [-0.1, -0.05) is 62.2 Å². The Morgan fingerprint density at radius 3 is 2.75 bits per heavy atom. The van der Waals surface area contributed by atoms with Gasteiger partial charge in [-0.2, -0.15) is 0 Å². The summed E-state index contributed by atoms with van der Waals surface area (Å²) in [4.78, 5) is 18.1. The number of para-hydroxylation sites is 1. The van der Waals surface area contributed by atoms with E-state index >= 15 is 0 Å². The molecule has 1 atom stereocenters. The number of thioether (sulfide) groups is 1. The van der Waals surface area contributed by atoms with Crippen LogP contribution in [-0.4, -0.2) is 28.4 Å². The standard InChI is InChI=1S/C25H30N4O2S/c1-4-6-7-10-15-32-25-27-24(30)22-19-11-8-9-12-20(19)26-23(29(22)28-25)18-13-14-21(31-5-2)17(3)16-18/h8-9,11-14,16,23H,4-7,10,15H2,1-3H3,(H,27,28,30)/t23-/m0/s1. The highest BCUT2D eigenvalue weighted by atomic mass is 32.2. The van der Waals surface area contributed by atoms with Crippen LogP contribution in [-0.2, 0) is 4.79 Å². The van der Waals surface area contributed by atoms with Crippen molar-refractivity contribution in [1.29, 1.82) is 0 Å². The summed E-state index contributed by atoms with van der Waals surface area (Å²) in [7, 11) is 0. The lowest BCUT2D eigenvalue weighted by molar-refractivity contribution is -0.116.